The van der Waals surface area contributed by atoms with Gasteiger partial charge in [0.2, 0.25) is 0 Å². The summed E-state index contributed by atoms with van der Waals surface area (Å²) >= 11 is 5.62. The Kier molecular flexibility index (Phi) is 3.07. The number of hydrogen-bond donors (Lipinski definition) is 0. The lowest BCUT2D eigenvalue weighted by atomic mass is 10.3. The molecule has 2 heterocycles. The Hall–Kier alpha value is -2.01. The molecule has 0 unspecified atom stereocenters. The molecule has 16 heavy (non-hydrogen) atoms. The topological polar surface area (TPSA) is 60.7 Å². The molecule has 0 aliphatic heterocycles. The van der Waals surface area contributed by atoms with Crippen LogP contribution in [0.5, 0.6) is 0 Å². The second kappa shape index (κ2) is 4.67. The Morgan fingerprint density at radius 3 is 2.88 bits per heavy atom. The predicted molar refractivity (Wildman–Crippen MR) is 59.3 cm³/mol. The molecule has 6 heteroatoms. The zero-order valence-electron chi connectivity index (χ0n) is 8.12. The summed E-state index contributed by atoms with van der Waals surface area (Å²) in [5.74, 6) is 0.565. The average Bonchev–Trinajstić information content (AvgIpc) is 2.76. The van der Waals surface area contributed by atoms with Crippen molar-refractivity contribution in [3.63, 3.8) is 0 Å². The van der Waals surface area contributed by atoms with Gasteiger partial charge >= 0.3 is 0 Å². The van der Waals surface area contributed by atoms with Crippen LogP contribution in [-0.2, 0) is 4.79 Å². The molecule has 2 aromatic heterocycles. The molecule has 80 valence electrons. The van der Waals surface area contributed by atoms with E-state index in [4.69, 9.17) is 11.6 Å². The summed E-state index contributed by atoms with van der Waals surface area (Å²) < 4.78 is 1.55. The van der Waals surface area contributed by atoms with Gasteiger partial charge in [-0.3, -0.25) is 4.79 Å². The third kappa shape index (κ3) is 2.32. The van der Waals surface area contributed by atoms with Crippen molar-refractivity contribution in [2.24, 2.45) is 0 Å². The van der Waals surface area contributed by atoms with Crippen LogP contribution in [0.3, 0.4) is 0 Å². The van der Waals surface area contributed by atoms with Crippen molar-refractivity contribution in [2.45, 2.75) is 0 Å². The van der Waals surface area contributed by atoms with Crippen LogP contribution in [0.25, 0.3) is 11.9 Å². The highest BCUT2D eigenvalue weighted by Gasteiger charge is 2.00. The van der Waals surface area contributed by atoms with Gasteiger partial charge in [-0.05, 0) is 24.3 Å². The minimum Gasteiger partial charge on any atom is -0.299 e. The Morgan fingerprint density at radius 2 is 2.19 bits per heavy atom. The molecule has 0 fully saturated rings. The zero-order chi connectivity index (χ0) is 11.4. The number of hydrogen-bond acceptors (Lipinski definition) is 4. The van der Waals surface area contributed by atoms with Crippen molar-refractivity contribution in [3.05, 3.63) is 41.3 Å². The quantitative estimate of drug-likeness (QED) is 0.597. The van der Waals surface area contributed by atoms with E-state index in [-0.39, 0.29) is 0 Å². The van der Waals surface area contributed by atoms with Crippen LogP contribution >= 0.6 is 11.6 Å². The van der Waals surface area contributed by atoms with Gasteiger partial charge in [-0.25, -0.2) is 4.68 Å². The second-order valence-corrected chi connectivity index (χ2v) is 3.31. The highest BCUT2D eigenvalue weighted by molar-refractivity contribution is 6.29. The third-order valence-electron chi connectivity index (χ3n) is 1.82. The Morgan fingerprint density at radius 1 is 1.31 bits per heavy atom. The van der Waals surface area contributed by atoms with Crippen LogP contribution < -0.4 is 0 Å². The maximum atomic E-state index is 10.1. The van der Waals surface area contributed by atoms with Gasteiger partial charge in [0.1, 0.15) is 6.29 Å². The van der Waals surface area contributed by atoms with E-state index in [1.165, 1.54) is 6.08 Å². The van der Waals surface area contributed by atoms with Gasteiger partial charge in [-0.1, -0.05) is 11.6 Å². The lowest BCUT2D eigenvalue weighted by Gasteiger charge is -1.97. The largest absolute Gasteiger partial charge is 0.299 e. The molecule has 0 radical (unpaired) electrons. The molecule has 2 aromatic rings. The molecule has 0 aliphatic rings. The van der Waals surface area contributed by atoms with E-state index in [9.17, 15) is 4.79 Å². The molecule has 0 aliphatic carbocycles. The maximum absolute atomic E-state index is 10.1. The zero-order valence-corrected chi connectivity index (χ0v) is 8.87. The van der Waals surface area contributed by atoms with Crippen LogP contribution in [0, 0.1) is 0 Å². The van der Waals surface area contributed by atoms with Crippen molar-refractivity contribution < 1.29 is 4.79 Å². The van der Waals surface area contributed by atoms with Gasteiger partial charge in [0, 0.05) is 11.8 Å². The van der Waals surface area contributed by atoms with E-state index in [2.05, 4.69) is 15.3 Å². The normalized spacial score (nSPS) is 10.8. The number of aromatic nitrogens is 4. The van der Waals surface area contributed by atoms with Crippen LogP contribution in [0.4, 0.5) is 0 Å². The fourth-order valence-electron chi connectivity index (χ4n) is 1.13. The van der Waals surface area contributed by atoms with E-state index >= 15 is 0 Å². The molecule has 0 saturated carbocycles. The highest BCUT2D eigenvalue weighted by Crippen LogP contribution is 2.08. The van der Waals surface area contributed by atoms with Crippen LogP contribution in [0.2, 0.25) is 5.15 Å². The van der Waals surface area contributed by atoms with Crippen LogP contribution in [0.1, 0.15) is 5.56 Å². The smallest absolute Gasteiger partial charge is 0.175 e. The van der Waals surface area contributed by atoms with Gasteiger partial charge in [0.15, 0.2) is 11.0 Å². The van der Waals surface area contributed by atoms with Crippen LogP contribution in [0.15, 0.2) is 30.6 Å². The summed E-state index contributed by atoms with van der Waals surface area (Å²) in [4.78, 5) is 10.1. The maximum Gasteiger partial charge on any atom is 0.175 e. The Labute approximate surface area is 96.4 Å². The lowest BCUT2D eigenvalue weighted by molar-refractivity contribution is -0.104. The molecule has 2 rings (SSSR count). The van der Waals surface area contributed by atoms with E-state index in [0.717, 1.165) is 5.56 Å². The summed E-state index contributed by atoms with van der Waals surface area (Å²) in [5, 5.41) is 12.0. The second-order valence-electron chi connectivity index (χ2n) is 2.93. The van der Waals surface area contributed by atoms with E-state index in [1.807, 2.05) is 0 Å². The van der Waals surface area contributed by atoms with E-state index in [1.54, 1.807) is 35.3 Å². The SMILES string of the molecule is O=CC=Cc1cnn(-c2ccc(Cl)nn2)c1. The first-order valence-electron chi connectivity index (χ1n) is 4.46. The van der Waals surface area contributed by atoms with Gasteiger partial charge in [0.05, 0.1) is 6.20 Å². The minimum absolute atomic E-state index is 0.331. The Bertz CT molecular complexity index is 518. The molecule has 5 nitrogen and oxygen atoms in total. The first-order valence-corrected chi connectivity index (χ1v) is 4.83. The fourth-order valence-corrected chi connectivity index (χ4v) is 1.23. The van der Waals surface area contributed by atoms with Gasteiger partial charge in [0.25, 0.3) is 0 Å². The molecule has 0 saturated heterocycles. The minimum atomic E-state index is 0.331. The number of halogens is 1. The van der Waals surface area contributed by atoms with Crippen molar-refractivity contribution in [2.75, 3.05) is 0 Å². The van der Waals surface area contributed by atoms with Crippen molar-refractivity contribution in [1.29, 1.82) is 0 Å². The van der Waals surface area contributed by atoms with E-state index < -0.39 is 0 Å². The first kappa shape index (κ1) is 10.5. The summed E-state index contributed by atoms with van der Waals surface area (Å²) in [6, 6.07) is 3.34. The molecule has 0 spiro atoms. The van der Waals surface area contributed by atoms with Gasteiger partial charge in [-0.15, -0.1) is 10.2 Å². The van der Waals surface area contributed by atoms with Gasteiger partial charge in [-0.2, -0.15) is 5.10 Å². The molecule has 0 amide bonds. The third-order valence-corrected chi connectivity index (χ3v) is 2.02. The summed E-state index contributed by atoms with van der Waals surface area (Å²) in [6.07, 6.45) is 7.11. The van der Waals surface area contributed by atoms with Crippen molar-refractivity contribution >= 4 is 24.0 Å². The average molecular weight is 235 g/mol. The highest BCUT2D eigenvalue weighted by atomic mass is 35.5. The number of carbonyl (C=O) groups excluding carboxylic acids is 1. The number of allylic oxidation sites excluding steroid dienone is 1. The number of rotatable bonds is 3. The molecule has 0 bridgehead atoms. The molecule has 0 atom stereocenters. The molecular formula is C10H7ClN4O. The number of carbonyl (C=O) groups is 1. The molecule has 0 N–H and O–H groups in total. The molecule has 0 aromatic carbocycles. The summed E-state index contributed by atoms with van der Waals surface area (Å²) in [7, 11) is 0. The number of nitrogens with zero attached hydrogens (tertiary/aromatic N) is 4. The number of aldehydes is 1. The van der Waals surface area contributed by atoms with E-state index in [0.29, 0.717) is 17.3 Å². The lowest BCUT2D eigenvalue weighted by Crippen LogP contribution is -1.98. The standard InChI is InChI=1S/C10H7ClN4O/c11-9-3-4-10(14-13-9)15-7-8(6-12-15)2-1-5-16/h1-7H. The van der Waals surface area contributed by atoms with Crippen molar-refractivity contribution in [3.8, 4) is 5.82 Å². The monoisotopic (exact) mass is 234 g/mol. The van der Waals surface area contributed by atoms with Crippen LogP contribution in [-0.4, -0.2) is 26.3 Å². The summed E-state index contributed by atoms with van der Waals surface area (Å²) in [5.41, 5.74) is 0.809. The first-order chi connectivity index (χ1) is 7.79. The summed E-state index contributed by atoms with van der Waals surface area (Å²) in [6.45, 7) is 0. The predicted octanol–water partition coefficient (Wildman–Crippen LogP) is 1.53. The fraction of sp³-hybridized carbons (Fsp3) is 0. The van der Waals surface area contributed by atoms with Gasteiger partial charge < -0.3 is 0 Å². The molecular weight excluding hydrogens is 228 g/mol. The van der Waals surface area contributed by atoms with Crippen molar-refractivity contribution in [1.82, 2.24) is 20.0 Å². The Balaban J connectivity index is 2.27.